The summed E-state index contributed by atoms with van der Waals surface area (Å²) in [6.45, 7) is 4.23. The summed E-state index contributed by atoms with van der Waals surface area (Å²) in [7, 11) is 0. The second kappa shape index (κ2) is 7.21. The molecular formula is C18H21N3O3S. The fourth-order valence-corrected chi connectivity index (χ4v) is 4.13. The van der Waals surface area contributed by atoms with Gasteiger partial charge in [0.05, 0.1) is 31.6 Å². The van der Waals surface area contributed by atoms with Crippen molar-refractivity contribution in [2.24, 2.45) is 0 Å². The maximum atomic E-state index is 12.4. The fourth-order valence-electron chi connectivity index (χ4n) is 3.39. The van der Waals surface area contributed by atoms with Crippen molar-refractivity contribution >= 4 is 22.9 Å². The second-order valence-corrected chi connectivity index (χ2v) is 7.54. The van der Waals surface area contributed by atoms with E-state index in [1.807, 2.05) is 12.1 Å². The first kappa shape index (κ1) is 16.7. The predicted octanol–water partition coefficient (Wildman–Crippen LogP) is 1.78. The molecule has 132 valence electrons. The van der Waals surface area contributed by atoms with Crippen molar-refractivity contribution in [1.29, 1.82) is 0 Å². The number of ether oxygens (including phenoxy) is 2. The molecular weight excluding hydrogens is 338 g/mol. The molecule has 0 aromatic carbocycles. The van der Waals surface area contributed by atoms with E-state index in [0.717, 1.165) is 25.3 Å². The van der Waals surface area contributed by atoms with Crippen LogP contribution in [0.5, 0.6) is 0 Å². The first-order chi connectivity index (χ1) is 12.2. The third kappa shape index (κ3) is 3.74. The lowest BCUT2D eigenvalue weighted by Crippen LogP contribution is -2.60. The van der Waals surface area contributed by atoms with Gasteiger partial charge in [0.1, 0.15) is 12.2 Å². The van der Waals surface area contributed by atoms with E-state index in [0.29, 0.717) is 19.8 Å². The summed E-state index contributed by atoms with van der Waals surface area (Å²) in [6, 6.07) is 7.97. The summed E-state index contributed by atoms with van der Waals surface area (Å²) in [5.41, 5.74) is 0.307. The van der Waals surface area contributed by atoms with Crippen molar-refractivity contribution in [3.63, 3.8) is 0 Å². The van der Waals surface area contributed by atoms with Crippen LogP contribution in [0.1, 0.15) is 4.88 Å². The standard InChI is InChI=1S/C18H21N3O3S/c22-17-11-24-18(13-21(17)15-3-1-5-19-9-15)12-20(6-7-23-14-18)10-16-4-2-8-25-16/h1-5,8-9H,6-7,10-14H2. The number of aromatic nitrogens is 1. The summed E-state index contributed by atoms with van der Waals surface area (Å²) in [6.07, 6.45) is 3.43. The topological polar surface area (TPSA) is 54.9 Å². The van der Waals surface area contributed by atoms with Gasteiger partial charge in [0.25, 0.3) is 5.91 Å². The molecule has 1 spiro atoms. The third-order valence-electron chi connectivity index (χ3n) is 4.60. The number of carbonyl (C=O) groups excluding carboxylic acids is 1. The summed E-state index contributed by atoms with van der Waals surface area (Å²) in [5.74, 6) is -0.0346. The Kier molecular flexibility index (Phi) is 4.80. The molecule has 0 N–H and O–H groups in total. The van der Waals surface area contributed by atoms with Gasteiger partial charge in [-0.05, 0) is 23.6 Å². The van der Waals surface area contributed by atoms with Gasteiger partial charge in [-0.25, -0.2) is 0 Å². The number of hydrogen-bond acceptors (Lipinski definition) is 6. The Hall–Kier alpha value is -1.80. The molecule has 2 aliphatic rings. The van der Waals surface area contributed by atoms with Gasteiger partial charge >= 0.3 is 0 Å². The van der Waals surface area contributed by atoms with Crippen LogP contribution in [0, 0.1) is 0 Å². The van der Waals surface area contributed by atoms with Crippen LogP contribution in [-0.2, 0) is 20.8 Å². The van der Waals surface area contributed by atoms with Crippen molar-refractivity contribution in [1.82, 2.24) is 9.88 Å². The summed E-state index contributed by atoms with van der Waals surface area (Å²) in [4.78, 5) is 22.0. The molecule has 0 bridgehead atoms. The van der Waals surface area contributed by atoms with Gasteiger partial charge in [0, 0.05) is 30.7 Å². The van der Waals surface area contributed by atoms with Gasteiger partial charge in [-0.2, -0.15) is 0 Å². The molecule has 4 heterocycles. The number of morpholine rings is 1. The highest BCUT2D eigenvalue weighted by molar-refractivity contribution is 7.09. The average molecular weight is 359 g/mol. The molecule has 0 saturated carbocycles. The average Bonchev–Trinajstić information content (AvgIpc) is 3.07. The van der Waals surface area contributed by atoms with E-state index >= 15 is 0 Å². The Balaban J connectivity index is 1.53. The van der Waals surface area contributed by atoms with E-state index in [1.54, 1.807) is 28.6 Å². The largest absolute Gasteiger partial charge is 0.377 e. The summed E-state index contributed by atoms with van der Waals surface area (Å²) < 4.78 is 11.9. The predicted molar refractivity (Wildman–Crippen MR) is 95.7 cm³/mol. The van der Waals surface area contributed by atoms with E-state index in [4.69, 9.17) is 9.47 Å². The first-order valence-electron chi connectivity index (χ1n) is 8.41. The zero-order valence-corrected chi connectivity index (χ0v) is 14.8. The van der Waals surface area contributed by atoms with E-state index < -0.39 is 5.60 Å². The number of thiophene rings is 1. The molecule has 25 heavy (non-hydrogen) atoms. The molecule has 1 unspecified atom stereocenters. The van der Waals surface area contributed by atoms with Crippen molar-refractivity contribution in [2.45, 2.75) is 12.1 Å². The van der Waals surface area contributed by atoms with Crippen LogP contribution in [0.2, 0.25) is 0 Å². The molecule has 7 heteroatoms. The Labute approximate surface area is 151 Å². The van der Waals surface area contributed by atoms with Gasteiger partial charge in [0.2, 0.25) is 0 Å². The number of carbonyl (C=O) groups is 1. The molecule has 2 aromatic rings. The zero-order chi connectivity index (χ0) is 17.1. The number of rotatable bonds is 3. The van der Waals surface area contributed by atoms with Crippen LogP contribution in [-0.4, -0.2) is 60.8 Å². The van der Waals surface area contributed by atoms with Crippen molar-refractivity contribution in [3.8, 4) is 0 Å². The number of anilines is 1. The first-order valence-corrected chi connectivity index (χ1v) is 9.29. The minimum Gasteiger partial charge on any atom is -0.377 e. The molecule has 4 rings (SSSR count). The molecule has 1 atom stereocenters. The van der Waals surface area contributed by atoms with Crippen molar-refractivity contribution < 1.29 is 14.3 Å². The summed E-state index contributed by atoms with van der Waals surface area (Å²) >= 11 is 1.76. The van der Waals surface area contributed by atoms with Crippen LogP contribution in [0.3, 0.4) is 0 Å². The van der Waals surface area contributed by atoms with Crippen LogP contribution in [0.25, 0.3) is 0 Å². The summed E-state index contributed by atoms with van der Waals surface area (Å²) in [5, 5.41) is 2.10. The Morgan fingerprint density at radius 3 is 3.04 bits per heavy atom. The smallest absolute Gasteiger partial charge is 0.253 e. The lowest BCUT2D eigenvalue weighted by atomic mass is 10.0. The van der Waals surface area contributed by atoms with Gasteiger partial charge in [0.15, 0.2) is 0 Å². The molecule has 6 nitrogen and oxygen atoms in total. The lowest BCUT2D eigenvalue weighted by molar-refractivity contribution is -0.146. The minimum absolute atomic E-state index is 0.0346. The Morgan fingerprint density at radius 1 is 1.28 bits per heavy atom. The molecule has 0 aliphatic carbocycles. The molecule has 2 aliphatic heterocycles. The van der Waals surface area contributed by atoms with Gasteiger partial charge in [-0.1, -0.05) is 6.07 Å². The number of amides is 1. The normalized spacial score (nSPS) is 25.3. The Bertz CT molecular complexity index is 710. The quantitative estimate of drug-likeness (QED) is 0.836. The Morgan fingerprint density at radius 2 is 2.24 bits per heavy atom. The third-order valence-corrected chi connectivity index (χ3v) is 5.46. The van der Waals surface area contributed by atoms with Gasteiger partial charge in [-0.15, -0.1) is 11.3 Å². The molecule has 2 aromatic heterocycles. The van der Waals surface area contributed by atoms with Gasteiger partial charge in [-0.3, -0.25) is 14.7 Å². The van der Waals surface area contributed by atoms with Crippen molar-refractivity contribution in [2.75, 3.05) is 44.4 Å². The van der Waals surface area contributed by atoms with Crippen LogP contribution in [0.15, 0.2) is 42.0 Å². The maximum absolute atomic E-state index is 12.4. The highest BCUT2D eigenvalue weighted by atomic mass is 32.1. The minimum atomic E-state index is -0.502. The molecule has 2 fully saturated rings. The van der Waals surface area contributed by atoms with E-state index in [2.05, 4.69) is 27.4 Å². The number of pyridine rings is 1. The van der Waals surface area contributed by atoms with Crippen LogP contribution >= 0.6 is 11.3 Å². The number of nitrogens with zero attached hydrogens (tertiary/aromatic N) is 3. The highest BCUT2D eigenvalue weighted by Crippen LogP contribution is 2.27. The van der Waals surface area contributed by atoms with Crippen LogP contribution in [0.4, 0.5) is 5.69 Å². The van der Waals surface area contributed by atoms with E-state index in [1.165, 1.54) is 4.88 Å². The lowest BCUT2D eigenvalue weighted by Gasteiger charge is -2.42. The van der Waals surface area contributed by atoms with E-state index in [-0.39, 0.29) is 12.5 Å². The highest BCUT2D eigenvalue weighted by Gasteiger charge is 2.43. The van der Waals surface area contributed by atoms with Crippen molar-refractivity contribution in [3.05, 3.63) is 46.9 Å². The second-order valence-electron chi connectivity index (χ2n) is 6.51. The zero-order valence-electron chi connectivity index (χ0n) is 14.0. The van der Waals surface area contributed by atoms with Gasteiger partial charge < -0.3 is 14.4 Å². The maximum Gasteiger partial charge on any atom is 0.253 e. The molecule has 1 amide bonds. The monoisotopic (exact) mass is 359 g/mol. The van der Waals surface area contributed by atoms with Crippen LogP contribution < -0.4 is 4.90 Å². The molecule has 0 radical (unpaired) electrons. The van der Waals surface area contributed by atoms with E-state index in [9.17, 15) is 4.79 Å². The number of hydrogen-bond donors (Lipinski definition) is 0. The SMILES string of the molecule is O=C1COC2(COCCN(Cc3cccs3)C2)CN1c1cccnc1. The molecule has 2 saturated heterocycles. The fraction of sp³-hybridized carbons (Fsp3) is 0.444.